The summed E-state index contributed by atoms with van der Waals surface area (Å²) in [6, 6.07) is 18.1. The number of nitriles is 1. The first kappa shape index (κ1) is 14.6. The van der Waals surface area contributed by atoms with Gasteiger partial charge in [-0.2, -0.15) is 5.26 Å². The summed E-state index contributed by atoms with van der Waals surface area (Å²) in [7, 11) is 0. The average molecular weight is 285 g/mol. The molecule has 2 aromatic carbocycles. The fourth-order valence-electron chi connectivity index (χ4n) is 2.17. The summed E-state index contributed by atoms with van der Waals surface area (Å²) in [6.07, 6.45) is 0. The molecule has 2 rings (SSSR count). The van der Waals surface area contributed by atoms with E-state index in [0.717, 1.165) is 5.02 Å². The smallest absolute Gasteiger partial charge is 0.0991 e. The Morgan fingerprint density at radius 2 is 1.35 bits per heavy atom. The minimum absolute atomic E-state index is 0.216. The molecular weight excluding hydrogens is 268 g/mol. The highest BCUT2D eigenvalue weighted by atomic mass is 35.5. The first-order valence-corrected chi connectivity index (χ1v) is 6.99. The molecule has 0 radical (unpaired) electrons. The number of nitrogens with zero attached hydrogens (tertiary/aromatic N) is 1. The SMILES string of the molecule is CC(N[C@H](C)c1ccc(Cl)cc1)c1ccc(C#N)cc1. The summed E-state index contributed by atoms with van der Waals surface area (Å²) in [4.78, 5) is 0. The van der Waals surface area contributed by atoms with Crippen LogP contribution in [0.25, 0.3) is 0 Å². The van der Waals surface area contributed by atoms with Crippen LogP contribution in [0.4, 0.5) is 0 Å². The molecular formula is C17H17ClN2. The lowest BCUT2D eigenvalue weighted by Crippen LogP contribution is -2.22. The number of hydrogen-bond acceptors (Lipinski definition) is 2. The molecule has 2 nitrogen and oxygen atoms in total. The molecule has 2 atom stereocenters. The normalized spacial score (nSPS) is 13.5. The highest BCUT2D eigenvalue weighted by Gasteiger charge is 2.11. The van der Waals surface area contributed by atoms with Crippen LogP contribution in [-0.2, 0) is 0 Å². The van der Waals surface area contributed by atoms with Crippen LogP contribution >= 0.6 is 11.6 Å². The van der Waals surface area contributed by atoms with E-state index in [2.05, 4.69) is 25.2 Å². The van der Waals surface area contributed by atoms with Gasteiger partial charge in [-0.25, -0.2) is 0 Å². The number of benzene rings is 2. The van der Waals surface area contributed by atoms with Crippen molar-refractivity contribution in [1.29, 1.82) is 5.26 Å². The number of hydrogen-bond donors (Lipinski definition) is 1. The summed E-state index contributed by atoms with van der Waals surface area (Å²) in [5, 5.41) is 13.1. The van der Waals surface area contributed by atoms with Crippen LogP contribution < -0.4 is 5.32 Å². The van der Waals surface area contributed by atoms with E-state index >= 15 is 0 Å². The molecule has 0 aliphatic heterocycles. The highest BCUT2D eigenvalue weighted by Crippen LogP contribution is 2.21. The van der Waals surface area contributed by atoms with E-state index in [1.165, 1.54) is 11.1 Å². The van der Waals surface area contributed by atoms with E-state index in [1.54, 1.807) is 0 Å². The van der Waals surface area contributed by atoms with Crippen molar-refractivity contribution < 1.29 is 0 Å². The molecule has 0 aromatic heterocycles. The van der Waals surface area contributed by atoms with Crippen LogP contribution in [0.3, 0.4) is 0 Å². The second kappa shape index (κ2) is 6.56. The van der Waals surface area contributed by atoms with Crippen molar-refractivity contribution in [2.24, 2.45) is 0 Å². The summed E-state index contributed by atoms with van der Waals surface area (Å²) in [5.74, 6) is 0. The van der Waals surface area contributed by atoms with Gasteiger partial charge in [0.05, 0.1) is 11.6 Å². The molecule has 1 N–H and O–H groups in total. The fraction of sp³-hybridized carbons (Fsp3) is 0.235. The largest absolute Gasteiger partial charge is 0.304 e. The maximum absolute atomic E-state index is 8.81. The van der Waals surface area contributed by atoms with Gasteiger partial charge < -0.3 is 5.32 Å². The van der Waals surface area contributed by atoms with E-state index in [0.29, 0.717) is 5.56 Å². The third-order valence-electron chi connectivity index (χ3n) is 3.41. The van der Waals surface area contributed by atoms with Crippen LogP contribution in [0.2, 0.25) is 5.02 Å². The lowest BCUT2D eigenvalue weighted by atomic mass is 10.0. The van der Waals surface area contributed by atoms with Crippen molar-refractivity contribution in [3.63, 3.8) is 0 Å². The number of rotatable bonds is 4. The molecule has 2 aromatic rings. The second-order valence-electron chi connectivity index (χ2n) is 4.90. The summed E-state index contributed by atoms with van der Waals surface area (Å²) in [5.41, 5.74) is 3.06. The number of nitrogens with one attached hydrogen (secondary N) is 1. The van der Waals surface area contributed by atoms with Gasteiger partial charge in [0.15, 0.2) is 0 Å². The van der Waals surface area contributed by atoms with Gasteiger partial charge in [0, 0.05) is 17.1 Å². The Morgan fingerprint density at radius 3 is 1.80 bits per heavy atom. The lowest BCUT2D eigenvalue weighted by molar-refractivity contribution is 0.494. The van der Waals surface area contributed by atoms with Crippen LogP contribution in [-0.4, -0.2) is 0 Å². The van der Waals surface area contributed by atoms with Crippen LogP contribution in [0.1, 0.15) is 42.6 Å². The Hall–Kier alpha value is -1.82. The summed E-state index contributed by atoms with van der Waals surface area (Å²) < 4.78 is 0. The minimum atomic E-state index is 0.216. The van der Waals surface area contributed by atoms with Crippen LogP contribution in [0, 0.1) is 11.3 Å². The quantitative estimate of drug-likeness (QED) is 0.889. The molecule has 102 valence electrons. The van der Waals surface area contributed by atoms with Gasteiger partial charge in [0.25, 0.3) is 0 Å². The molecule has 0 spiro atoms. The first-order valence-electron chi connectivity index (χ1n) is 6.61. The summed E-state index contributed by atoms with van der Waals surface area (Å²) >= 11 is 5.90. The predicted octanol–water partition coefficient (Wildman–Crippen LogP) is 4.62. The van der Waals surface area contributed by atoms with Crippen LogP contribution in [0.5, 0.6) is 0 Å². The van der Waals surface area contributed by atoms with Crippen molar-refractivity contribution in [2.75, 3.05) is 0 Å². The first-order chi connectivity index (χ1) is 9.60. The van der Waals surface area contributed by atoms with Gasteiger partial charge in [-0.3, -0.25) is 0 Å². The Bertz CT molecular complexity index is 596. The maximum Gasteiger partial charge on any atom is 0.0991 e. The Morgan fingerprint density at radius 1 is 0.900 bits per heavy atom. The van der Waals surface area contributed by atoms with E-state index in [9.17, 15) is 0 Å². The van der Waals surface area contributed by atoms with Gasteiger partial charge in [0.2, 0.25) is 0 Å². The van der Waals surface area contributed by atoms with E-state index < -0.39 is 0 Å². The molecule has 0 amide bonds. The van der Waals surface area contributed by atoms with E-state index in [4.69, 9.17) is 16.9 Å². The van der Waals surface area contributed by atoms with Crippen molar-refractivity contribution in [3.05, 3.63) is 70.2 Å². The van der Waals surface area contributed by atoms with Crippen molar-refractivity contribution in [1.82, 2.24) is 5.32 Å². The fourth-order valence-corrected chi connectivity index (χ4v) is 2.29. The lowest BCUT2D eigenvalue weighted by Gasteiger charge is -2.21. The monoisotopic (exact) mass is 284 g/mol. The average Bonchev–Trinajstić information content (AvgIpc) is 2.48. The zero-order chi connectivity index (χ0) is 14.5. The minimum Gasteiger partial charge on any atom is -0.304 e. The molecule has 0 aliphatic carbocycles. The zero-order valence-corrected chi connectivity index (χ0v) is 12.4. The molecule has 0 saturated heterocycles. The van der Waals surface area contributed by atoms with Gasteiger partial charge in [-0.05, 0) is 49.2 Å². The molecule has 0 fully saturated rings. The molecule has 0 bridgehead atoms. The Labute approximate surface area is 125 Å². The molecule has 3 heteroatoms. The Balaban J connectivity index is 2.04. The topological polar surface area (TPSA) is 35.8 Å². The molecule has 0 saturated carbocycles. The standard InChI is InChI=1S/C17H17ClN2/c1-12(15-5-3-14(11-19)4-6-15)20-13(2)16-7-9-17(18)10-8-16/h3-10,12-13,20H,1-2H3/t12?,13-/m1/s1. The Kier molecular flexibility index (Phi) is 4.79. The van der Waals surface area contributed by atoms with Gasteiger partial charge in [0.1, 0.15) is 0 Å². The zero-order valence-electron chi connectivity index (χ0n) is 11.6. The second-order valence-corrected chi connectivity index (χ2v) is 5.33. The maximum atomic E-state index is 8.81. The van der Waals surface area contributed by atoms with Crippen molar-refractivity contribution >= 4 is 11.6 Å². The molecule has 0 heterocycles. The van der Waals surface area contributed by atoms with Crippen molar-refractivity contribution in [3.8, 4) is 6.07 Å². The molecule has 1 unspecified atom stereocenters. The molecule has 0 aliphatic rings. The van der Waals surface area contributed by atoms with Crippen LogP contribution in [0.15, 0.2) is 48.5 Å². The van der Waals surface area contributed by atoms with E-state index in [-0.39, 0.29) is 12.1 Å². The van der Waals surface area contributed by atoms with Crippen molar-refractivity contribution in [2.45, 2.75) is 25.9 Å². The number of halogens is 1. The molecule has 20 heavy (non-hydrogen) atoms. The van der Waals surface area contributed by atoms with Gasteiger partial charge in [-0.15, -0.1) is 0 Å². The third-order valence-corrected chi connectivity index (χ3v) is 3.66. The van der Waals surface area contributed by atoms with Gasteiger partial charge in [-0.1, -0.05) is 35.9 Å². The van der Waals surface area contributed by atoms with E-state index in [1.807, 2.05) is 48.5 Å². The van der Waals surface area contributed by atoms with Gasteiger partial charge >= 0.3 is 0 Å². The highest BCUT2D eigenvalue weighted by molar-refractivity contribution is 6.30. The third kappa shape index (κ3) is 3.60. The summed E-state index contributed by atoms with van der Waals surface area (Å²) in [6.45, 7) is 4.25. The predicted molar refractivity (Wildman–Crippen MR) is 82.6 cm³/mol.